The highest BCUT2D eigenvalue weighted by Crippen LogP contribution is 2.33. The summed E-state index contributed by atoms with van der Waals surface area (Å²) in [6, 6.07) is 26.6. The number of hydrogen-bond donors (Lipinski definition) is 0. The Kier molecular flexibility index (Phi) is 7.44. The van der Waals surface area contributed by atoms with E-state index in [4.69, 9.17) is 18.6 Å². The third-order valence-corrected chi connectivity index (χ3v) is 6.17. The Labute approximate surface area is 164 Å². The summed E-state index contributed by atoms with van der Waals surface area (Å²) >= 11 is 0. The quantitative estimate of drug-likeness (QED) is 0.607. The molecule has 0 radical (unpaired) electrons. The minimum Gasteiger partial charge on any atom is -0.222 e. The molecule has 0 fully saturated rings. The third kappa shape index (κ3) is 6.99. The molecule has 3 aromatic rings. The van der Waals surface area contributed by atoms with Crippen molar-refractivity contribution >= 4 is 10.9 Å². The van der Waals surface area contributed by atoms with E-state index in [-0.39, 0.29) is 10.9 Å². The molecule has 0 spiro atoms. The van der Waals surface area contributed by atoms with Crippen LogP contribution in [-0.2, 0) is 10.9 Å². The number of rotatable bonds is 3. The number of benzene rings is 3. The molecule has 4 nitrogen and oxygen atoms in total. The van der Waals surface area contributed by atoms with E-state index in [1.54, 1.807) is 0 Å². The fourth-order valence-electron chi connectivity index (χ4n) is 2.55. The average Bonchev–Trinajstić information content (AvgIpc) is 2.59. The zero-order chi connectivity index (χ0) is 20.0. The van der Waals surface area contributed by atoms with Gasteiger partial charge >= 0.3 is 0 Å². The van der Waals surface area contributed by atoms with Gasteiger partial charge in [0.25, 0.3) is 0 Å². The van der Waals surface area contributed by atoms with Crippen LogP contribution in [0.15, 0.2) is 87.5 Å². The minimum atomic E-state index is -4.94. The minimum absolute atomic E-state index is 0.0448. The second-order valence-electron chi connectivity index (χ2n) is 6.08. The summed E-state index contributed by atoms with van der Waals surface area (Å²) in [5, 5.41) is 0. The van der Waals surface area contributed by atoms with Crippen molar-refractivity contribution in [1.29, 1.82) is 0 Å². The molecule has 3 rings (SSSR count). The molecule has 0 heterocycles. The van der Waals surface area contributed by atoms with E-state index < -0.39 is 10.2 Å². The first-order chi connectivity index (χ1) is 12.6. The highest BCUT2D eigenvalue weighted by Gasteiger charge is 2.30. The molecule has 0 amide bonds. The van der Waals surface area contributed by atoms with Crippen LogP contribution in [-0.4, -0.2) is 0 Å². The lowest BCUT2D eigenvalue weighted by atomic mass is 10.2. The first kappa shape index (κ1) is 21.4. The van der Waals surface area contributed by atoms with Crippen molar-refractivity contribution < 1.29 is 28.9 Å². The van der Waals surface area contributed by atoms with Crippen LogP contribution >= 0.6 is 0 Å². The normalized spacial score (nSPS) is 12.1. The lowest BCUT2D eigenvalue weighted by molar-refractivity contribution is -2.00. The maximum absolute atomic E-state index is 8.49. The SMILES string of the molecule is Cc1ccc([S+](c2ccccc2)c2cc(C)ccc2C)cc1.[O-][Cl+3]([O-])([O-])[O-]. The second-order valence-corrected chi connectivity index (χ2v) is 8.83. The van der Waals surface area contributed by atoms with Crippen molar-refractivity contribution in [2.45, 2.75) is 35.5 Å². The average molecular weight is 405 g/mol. The number of halogens is 1. The van der Waals surface area contributed by atoms with Gasteiger partial charge in [-0.3, -0.25) is 0 Å². The van der Waals surface area contributed by atoms with Gasteiger partial charge in [-0.2, -0.15) is 0 Å². The molecule has 1 unspecified atom stereocenters. The van der Waals surface area contributed by atoms with Gasteiger partial charge < -0.3 is 0 Å². The Morgan fingerprint density at radius 3 is 1.67 bits per heavy atom. The molecule has 0 bridgehead atoms. The van der Waals surface area contributed by atoms with Crippen LogP contribution in [0, 0.1) is 31.0 Å². The smallest absolute Gasteiger partial charge is 0.169 e. The molecule has 0 aromatic heterocycles. The maximum Gasteiger partial charge on any atom is 0.169 e. The van der Waals surface area contributed by atoms with E-state index in [0.717, 1.165) is 0 Å². The van der Waals surface area contributed by atoms with Crippen LogP contribution in [0.2, 0.25) is 0 Å². The van der Waals surface area contributed by atoms with Gasteiger partial charge in [0.2, 0.25) is 0 Å². The zero-order valence-corrected chi connectivity index (χ0v) is 16.9. The molecule has 0 aliphatic carbocycles. The van der Waals surface area contributed by atoms with Crippen molar-refractivity contribution in [3.63, 3.8) is 0 Å². The van der Waals surface area contributed by atoms with Gasteiger partial charge in [-0.05, 0) is 56.7 Å². The molecule has 0 aliphatic rings. The fourth-order valence-corrected chi connectivity index (χ4v) is 4.86. The van der Waals surface area contributed by atoms with E-state index in [9.17, 15) is 0 Å². The van der Waals surface area contributed by atoms with Gasteiger partial charge in [0.05, 0.1) is 10.9 Å². The summed E-state index contributed by atoms with van der Waals surface area (Å²) in [6.45, 7) is 6.53. The van der Waals surface area contributed by atoms with E-state index in [0.29, 0.717) is 0 Å². The van der Waals surface area contributed by atoms with E-state index in [2.05, 4.69) is 93.6 Å². The second kappa shape index (κ2) is 9.37. The highest BCUT2D eigenvalue weighted by atomic mass is 35.7. The molecule has 0 aliphatic heterocycles. The standard InChI is InChI=1S/C21H21S.ClHO4/c1-16-10-13-20(14-11-16)22(19-7-5-4-6-8-19)21-15-17(2)9-12-18(21)3;2-1(3,4)5/h4-15H,1-3H3;(H,2,3,4,5)/q+1;/p-1. The molecule has 0 saturated heterocycles. The highest BCUT2D eigenvalue weighted by molar-refractivity contribution is 7.97. The first-order valence-corrected chi connectivity index (χ1v) is 10.7. The number of hydrogen-bond acceptors (Lipinski definition) is 4. The summed E-state index contributed by atoms with van der Waals surface area (Å²) < 4.78 is 34.0. The van der Waals surface area contributed by atoms with Crippen LogP contribution < -0.4 is 18.6 Å². The molecule has 0 N–H and O–H groups in total. The first-order valence-electron chi connectivity index (χ1n) is 8.20. The van der Waals surface area contributed by atoms with Gasteiger partial charge in [0.15, 0.2) is 14.7 Å². The monoisotopic (exact) mass is 404 g/mol. The van der Waals surface area contributed by atoms with Crippen LogP contribution in [0.5, 0.6) is 0 Å². The summed E-state index contributed by atoms with van der Waals surface area (Å²) in [7, 11) is -4.99. The predicted molar refractivity (Wildman–Crippen MR) is 95.7 cm³/mol. The van der Waals surface area contributed by atoms with Crippen LogP contribution in [0.4, 0.5) is 0 Å². The molecular formula is C21H21ClO4S. The molecule has 142 valence electrons. The Bertz CT molecular complexity index is 856. The Morgan fingerprint density at radius 2 is 1.11 bits per heavy atom. The lowest BCUT2D eigenvalue weighted by Crippen LogP contribution is -2.68. The van der Waals surface area contributed by atoms with Crippen molar-refractivity contribution in [3.8, 4) is 0 Å². The lowest BCUT2D eigenvalue weighted by Gasteiger charge is -2.17. The number of aryl methyl sites for hydroxylation is 3. The van der Waals surface area contributed by atoms with Crippen LogP contribution in [0.25, 0.3) is 0 Å². The molecule has 3 aromatic carbocycles. The van der Waals surface area contributed by atoms with Gasteiger partial charge in [-0.25, -0.2) is 18.6 Å². The van der Waals surface area contributed by atoms with E-state index in [1.165, 1.54) is 31.4 Å². The Hall–Kier alpha value is -1.86. The van der Waals surface area contributed by atoms with Crippen LogP contribution in [0.3, 0.4) is 0 Å². The van der Waals surface area contributed by atoms with E-state index >= 15 is 0 Å². The van der Waals surface area contributed by atoms with Crippen molar-refractivity contribution in [2.24, 2.45) is 0 Å². The van der Waals surface area contributed by atoms with E-state index in [1.807, 2.05) is 0 Å². The van der Waals surface area contributed by atoms with Crippen LogP contribution in [0.1, 0.15) is 16.7 Å². The Morgan fingerprint density at radius 1 is 0.630 bits per heavy atom. The molecular weight excluding hydrogens is 384 g/mol. The molecule has 27 heavy (non-hydrogen) atoms. The molecule has 6 heteroatoms. The Balaban J connectivity index is 0.000000465. The summed E-state index contributed by atoms with van der Waals surface area (Å²) in [5.41, 5.74) is 3.99. The molecule has 0 saturated carbocycles. The van der Waals surface area contributed by atoms with Gasteiger partial charge in [0, 0.05) is 5.56 Å². The molecule has 1 atom stereocenters. The topological polar surface area (TPSA) is 92.2 Å². The van der Waals surface area contributed by atoms with Crippen molar-refractivity contribution in [3.05, 3.63) is 89.5 Å². The fraction of sp³-hybridized carbons (Fsp3) is 0.143. The third-order valence-electron chi connectivity index (χ3n) is 3.80. The summed E-state index contributed by atoms with van der Waals surface area (Å²) in [6.07, 6.45) is 0. The summed E-state index contributed by atoms with van der Waals surface area (Å²) in [5.74, 6) is 0. The zero-order valence-electron chi connectivity index (χ0n) is 15.3. The van der Waals surface area contributed by atoms with Gasteiger partial charge in [-0.1, -0.05) is 48.0 Å². The van der Waals surface area contributed by atoms with Crippen molar-refractivity contribution in [1.82, 2.24) is 0 Å². The van der Waals surface area contributed by atoms with Gasteiger partial charge in [0.1, 0.15) is 0 Å². The summed E-state index contributed by atoms with van der Waals surface area (Å²) in [4.78, 5) is 4.18. The predicted octanol–water partition coefficient (Wildman–Crippen LogP) is 0.951. The van der Waals surface area contributed by atoms with Crippen molar-refractivity contribution in [2.75, 3.05) is 0 Å². The van der Waals surface area contributed by atoms with Gasteiger partial charge in [-0.15, -0.1) is 10.2 Å². The largest absolute Gasteiger partial charge is 0.222 e. The maximum atomic E-state index is 8.49.